The maximum absolute atomic E-state index is 12.4. The number of carbonyl (C=O) groups excluding carboxylic acids is 2. The van der Waals surface area contributed by atoms with Gasteiger partial charge < -0.3 is 9.15 Å². The molecule has 31 heavy (non-hydrogen) atoms. The molecule has 2 amide bonds. The van der Waals surface area contributed by atoms with Crippen molar-refractivity contribution in [3.63, 3.8) is 0 Å². The number of ether oxygens (including phenoxy) is 1. The van der Waals surface area contributed by atoms with E-state index in [2.05, 4.69) is 26.8 Å². The van der Waals surface area contributed by atoms with Crippen LogP contribution in [0.3, 0.4) is 0 Å². The third-order valence-corrected chi connectivity index (χ3v) is 5.13. The lowest BCUT2D eigenvalue weighted by molar-refractivity contribution is -0.128. The zero-order valence-corrected chi connectivity index (χ0v) is 17.9. The minimum absolute atomic E-state index is 0.228. The Morgan fingerprint density at radius 2 is 1.71 bits per heavy atom. The summed E-state index contributed by atoms with van der Waals surface area (Å²) in [6, 6.07) is 19.7. The van der Waals surface area contributed by atoms with Gasteiger partial charge in [-0.15, -0.1) is 0 Å². The lowest BCUT2D eigenvalue weighted by Gasteiger charge is -2.15. The molecule has 0 radical (unpaired) electrons. The number of hydrogen-bond acceptors (Lipinski definition) is 5. The summed E-state index contributed by atoms with van der Waals surface area (Å²) in [7, 11) is 0. The number of halogens is 1. The van der Waals surface area contributed by atoms with Crippen LogP contribution < -0.4 is 21.2 Å². The molecular weight excluding hydrogens is 464 g/mol. The first-order valence-corrected chi connectivity index (χ1v) is 10.2. The molecule has 156 valence electrons. The molecule has 7 nitrogen and oxygen atoms in total. The van der Waals surface area contributed by atoms with E-state index in [0.717, 1.165) is 15.2 Å². The number of amides is 2. The summed E-state index contributed by atoms with van der Waals surface area (Å²) in [5.41, 5.74) is 3.82. The van der Waals surface area contributed by atoms with Crippen LogP contribution in [0.2, 0.25) is 0 Å². The number of fused-ring (bicyclic) bond motifs is 2. The molecule has 3 aromatic carbocycles. The number of hydrazine groups is 1. The SMILES string of the molecule is CC(Oc1ccc2ccccc2c1)C(=O)NNC(=O)c1cc2cc(Br)ccc2oc1=O. The fourth-order valence-electron chi connectivity index (χ4n) is 3.04. The monoisotopic (exact) mass is 480 g/mol. The first-order chi connectivity index (χ1) is 14.9. The van der Waals surface area contributed by atoms with E-state index in [1.54, 1.807) is 31.2 Å². The fraction of sp³-hybridized carbons (Fsp3) is 0.0870. The number of carbonyl (C=O) groups is 2. The van der Waals surface area contributed by atoms with Crippen molar-refractivity contribution in [1.82, 2.24) is 10.9 Å². The van der Waals surface area contributed by atoms with Gasteiger partial charge in [-0.05, 0) is 54.1 Å². The van der Waals surface area contributed by atoms with Crippen molar-refractivity contribution in [1.29, 1.82) is 0 Å². The molecule has 0 aliphatic rings. The molecule has 1 aromatic heterocycles. The molecular formula is C23H17BrN2O5. The van der Waals surface area contributed by atoms with Gasteiger partial charge in [0.2, 0.25) is 0 Å². The van der Waals surface area contributed by atoms with Gasteiger partial charge in [0.25, 0.3) is 11.8 Å². The minimum atomic E-state index is -0.884. The Kier molecular flexibility index (Phi) is 5.73. The predicted octanol–water partition coefficient (Wildman–Crippen LogP) is 3.94. The van der Waals surface area contributed by atoms with Crippen molar-refractivity contribution in [3.8, 4) is 5.75 Å². The molecule has 4 aromatic rings. The molecule has 0 spiro atoms. The van der Waals surface area contributed by atoms with E-state index in [9.17, 15) is 14.4 Å². The van der Waals surface area contributed by atoms with Crippen molar-refractivity contribution in [2.75, 3.05) is 0 Å². The van der Waals surface area contributed by atoms with E-state index in [4.69, 9.17) is 9.15 Å². The summed E-state index contributed by atoms with van der Waals surface area (Å²) in [4.78, 5) is 36.8. The van der Waals surface area contributed by atoms with E-state index < -0.39 is 23.5 Å². The van der Waals surface area contributed by atoms with Crippen LogP contribution in [0.4, 0.5) is 0 Å². The summed E-state index contributed by atoms with van der Waals surface area (Å²) in [6.07, 6.45) is -0.884. The van der Waals surface area contributed by atoms with Gasteiger partial charge in [-0.2, -0.15) is 0 Å². The summed E-state index contributed by atoms with van der Waals surface area (Å²) in [5.74, 6) is -0.843. The topological polar surface area (TPSA) is 97.6 Å². The lowest BCUT2D eigenvalue weighted by atomic mass is 10.1. The van der Waals surface area contributed by atoms with Crippen molar-refractivity contribution >= 4 is 49.5 Å². The van der Waals surface area contributed by atoms with Crippen LogP contribution in [0, 0.1) is 0 Å². The Labute approximate surface area is 185 Å². The van der Waals surface area contributed by atoms with Gasteiger partial charge in [0.05, 0.1) is 0 Å². The Hall–Kier alpha value is -3.65. The van der Waals surface area contributed by atoms with Crippen molar-refractivity contribution < 1.29 is 18.7 Å². The van der Waals surface area contributed by atoms with Gasteiger partial charge in [-0.1, -0.05) is 46.3 Å². The number of rotatable bonds is 4. The zero-order chi connectivity index (χ0) is 22.0. The third-order valence-electron chi connectivity index (χ3n) is 4.64. The third kappa shape index (κ3) is 4.59. The highest BCUT2D eigenvalue weighted by molar-refractivity contribution is 9.10. The van der Waals surface area contributed by atoms with Crippen molar-refractivity contribution in [3.05, 3.63) is 87.2 Å². The molecule has 0 aliphatic carbocycles. The van der Waals surface area contributed by atoms with Gasteiger partial charge in [0, 0.05) is 9.86 Å². The van der Waals surface area contributed by atoms with Crippen LogP contribution in [-0.2, 0) is 4.79 Å². The first kappa shape index (κ1) is 20.6. The van der Waals surface area contributed by atoms with Gasteiger partial charge in [0.15, 0.2) is 6.10 Å². The minimum Gasteiger partial charge on any atom is -0.481 e. The second-order valence-electron chi connectivity index (χ2n) is 6.84. The highest BCUT2D eigenvalue weighted by Crippen LogP contribution is 2.21. The van der Waals surface area contributed by atoms with Gasteiger partial charge in [-0.3, -0.25) is 20.4 Å². The maximum atomic E-state index is 12.4. The molecule has 0 aliphatic heterocycles. The van der Waals surface area contributed by atoms with E-state index in [-0.39, 0.29) is 5.56 Å². The van der Waals surface area contributed by atoms with Crippen LogP contribution >= 0.6 is 15.9 Å². The maximum Gasteiger partial charge on any atom is 0.349 e. The molecule has 2 N–H and O–H groups in total. The van der Waals surface area contributed by atoms with Crippen LogP contribution in [0.1, 0.15) is 17.3 Å². The van der Waals surface area contributed by atoms with Crippen molar-refractivity contribution in [2.45, 2.75) is 13.0 Å². The fourth-order valence-corrected chi connectivity index (χ4v) is 3.42. The molecule has 8 heteroatoms. The summed E-state index contributed by atoms with van der Waals surface area (Å²) in [6.45, 7) is 1.55. The predicted molar refractivity (Wildman–Crippen MR) is 120 cm³/mol. The van der Waals surface area contributed by atoms with E-state index in [0.29, 0.717) is 16.7 Å². The Balaban J connectivity index is 1.41. The average molecular weight is 481 g/mol. The summed E-state index contributed by atoms with van der Waals surface area (Å²) < 4.78 is 11.6. The van der Waals surface area contributed by atoms with Crippen LogP contribution in [0.25, 0.3) is 21.7 Å². The quantitative estimate of drug-likeness (QED) is 0.340. The van der Waals surface area contributed by atoms with Gasteiger partial charge >= 0.3 is 5.63 Å². The van der Waals surface area contributed by atoms with Gasteiger partial charge in [0.1, 0.15) is 16.9 Å². The Bertz CT molecular complexity index is 1370. The first-order valence-electron chi connectivity index (χ1n) is 9.40. The van der Waals surface area contributed by atoms with Crippen LogP contribution in [0.5, 0.6) is 5.75 Å². The zero-order valence-electron chi connectivity index (χ0n) is 16.3. The largest absolute Gasteiger partial charge is 0.481 e. The number of benzene rings is 3. The Morgan fingerprint density at radius 1 is 0.935 bits per heavy atom. The van der Waals surface area contributed by atoms with Crippen LogP contribution in [0.15, 0.2) is 80.4 Å². The molecule has 1 atom stereocenters. The highest BCUT2D eigenvalue weighted by Gasteiger charge is 2.18. The Morgan fingerprint density at radius 3 is 2.52 bits per heavy atom. The summed E-state index contributed by atoms with van der Waals surface area (Å²) >= 11 is 3.33. The molecule has 1 unspecified atom stereocenters. The molecule has 4 rings (SSSR count). The molecule has 0 saturated heterocycles. The van der Waals surface area contributed by atoms with Crippen LogP contribution in [-0.4, -0.2) is 17.9 Å². The van der Waals surface area contributed by atoms with E-state index >= 15 is 0 Å². The summed E-state index contributed by atoms with van der Waals surface area (Å²) in [5, 5.41) is 2.61. The number of hydrogen-bond donors (Lipinski definition) is 2. The van der Waals surface area contributed by atoms with E-state index in [1.165, 1.54) is 6.07 Å². The second kappa shape index (κ2) is 8.61. The second-order valence-corrected chi connectivity index (χ2v) is 7.76. The molecule has 0 bridgehead atoms. The standard InChI is InChI=1S/C23H17BrN2O5/c1-13(30-18-8-6-14-4-2-3-5-15(14)11-18)21(27)25-26-22(28)19-12-16-10-17(24)7-9-20(16)31-23(19)29/h2-13H,1H3,(H,25,27)(H,26,28). The average Bonchev–Trinajstić information content (AvgIpc) is 2.76. The smallest absolute Gasteiger partial charge is 0.349 e. The number of nitrogens with one attached hydrogen (secondary N) is 2. The molecule has 0 saturated carbocycles. The molecule has 1 heterocycles. The van der Waals surface area contributed by atoms with Gasteiger partial charge in [-0.25, -0.2) is 4.79 Å². The van der Waals surface area contributed by atoms with E-state index in [1.807, 2.05) is 36.4 Å². The molecule has 0 fully saturated rings. The highest BCUT2D eigenvalue weighted by atomic mass is 79.9. The van der Waals surface area contributed by atoms with Crippen molar-refractivity contribution in [2.24, 2.45) is 0 Å². The lowest BCUT2D eigenvalue weighted by Crippen LogP contribution is -2.48. The normalized spacial score (nSPS) is 11.8.